The second kappa shape index (κ2) is 10.7. The number of benzene rings is 1. The van der Waals surface area contributed by atoms with Crippen molar-refractivity contribution >= 4 is 29.6 Å². The third-order valence-corrected chi connectivity index (χ3v) is 3.63. The van der Waals surface area contributed by atoms with E-state index in [1.165, 1.54) is 12.2 Å². The van der Waals surface area contributed by atoms with Crippen molar-refractivity contribution in [3.8, 4) is 0 Å². The van der Waals surface area contributed by atoms with Crippen LogP contribution in [-0.2, 0) is 19.1 Å². The van der Waals surface area contributed by atoms with Crippen molar-refractivity contribution in [1.29, 1.82) is 0 Å². The number of nitrogens with one attached hydrogen (secondary N) is 1. The first-order valence-electron chi connectivity index (χ1n) is 8.96. The fourth-order valence-electron chi connectivity index (χ4n) is 2.16. The van der Waals surface area contributed by atoms with Crippen LogP contribution in [0.1, 0.15) is 41.6 Å². The van der Waals surface area contributed by atoms with Gasteiger partial charge < -0.3 is 19.2 Å². The average molecular weight is 385 g/mol. The Balaban J connectivity index is 1.75. The average Bonchev–Trinajstić information content (AvgIpc) is 3.10. The maximum atomic E-state index is 11.9. The fourth-order valence-corrected chi connectivity index (χ4v) is 2.16. The molecule has 0 bridgehead atoms. The number of carbonyl (C=O) groups excluding carboxylic acids is 3. The summed E-state index contributed by atoms with van der Waals surface area (Å²) in [7, 11) is 0. The Morgan fingerprint density at radius 2 is 1.82 bits per heavy atom. The maximum Gasteiger partial charge on any atom is 0.338 e. The minimum Gasteiger partial charge on any atom is -0.462 e. The second-order valence-corrected chi connectivity index (χ2v) is 6.00. The highest BCUT2D eigenvalue weighted by Gasteiger charge is 2.09. The molecule has 7 nitrogen and oxygen atoms in total. The van der Waals surface area contributed by atoms with Gasteiger partial charge in [0.25, 0.3) is 5.91 Å². The Hall–Kier alpha value is -3.35. The molecular weight excluding hydrogens is 362 g/mol. The van der Waals surface area contributed by atoms with Crippen LogP contribution in [0.4, 0.5) is 5.69 Å². The number of anilines is 1. The van der Waals surface area contributed by atoms with Crippen molar-refractivity contribution in [3.05, 3.63) is 59.6 Å². The Bertz CT molecular complexity index is 835. The van der Waals surface area contributed by atoms with Gasteiger partial charge in [0, 0.05) is 11.8 Å². The summed E-state index contributed by atoms with van der Waals surface area (Å²) in [6, 6.07) is 9.77. The molecule has 28 heavy (non-hydrogen) atoms. The summed E-state index contributed by atoms with van der Waals surface area (Å²) in [6.07, 6.45) is 4.41. The molecule has 1 heterocycles. The van der Waals surface area contributed by atoms with E-state index in [2.05, 4.69) is 5.32 Å². The molecule has 0 aliphatic heterocycles. The number of esters is 2. The summed E-state index contributed by atoms with van der Waals surface area (Å²) in [4.78, 5) is 35.3. The normalized spacial score (nSPS) is 10.6. The van der Waals surface area contributed by atoms with E-state index >= 15 is 0 Å². The molecule has 2 rings (SSSR count). The van der Waals surface area contributed by atoms with E-state index in [4.69, 9.17) is 13.9 Å². The monoisotopic (exact) mass is 385 g/mol. The van der Waals surface area contributed by atoms with Crippen LogP contribution in [-0.4, -0.2) is 31.1 Å². The molecule has 0 saturated heterocycles. The first-order valence-corrected chi connectivity index (χ1v) is 8.96. The molecule has 1 aromatic heterocycles. The van der Waals surface area contributed by atoms with Crippen LogP contribution < -0.4 is 5.32 Å². The smallest absolute Gasteiger partial charge is 0.338 e. The predicted molar refractivity (Wildman–Crippen MR) is 104 cm³/mol. The highest BCUT2D eigenvalue weighted by atomic mass is 16.5. The van der Waals surface area contributed by atoms with Crippen molar-refractivity contribution in [2.75, 3.05) is 18.5 Å². The molecule has 7 heteroatoms. The lowest BCUT2D eigenvalue weighted by Crippen LogP contribution is -2.20. The molecule has 1 aromatic carbocycles. The first-order chi connectivity index (χ1) is 13.5. The molecule has 0 radical (unpaired) electrons. The zero-order valence-electron chi connectivity index (χ0n) is 15.9. The number of unbranched alkanes of at least 4 members (excludes halogenated alkanes) is 1. The highest BCUT2D eigenvalue weighted by Crippen LogP contribution is 2.11. The van der Waals surface area contributed by atoms with Gasteiger partial charge in [-0.1, -0.05) is 13.3 Å². The summed E-state index contributed by atoms with van der Waals surface area (Å²) in [5.41, 5.74) is 0.881. The molecular formula is C21H23NO6. The predicted octanol–water partition coefficient (Wildman–Crippen LogP) is 3.74. The standard InChI is InChI=1S/C21H23NO6/c1-3-4-13-26-21(25)16-6-8-17(9-7-16)22-19(23)14-27-20(24)12-11-18-10-5-15(2)28-18/h5-12H,3-4,13-14H2,1-2H3,(H,22,23)/b12-11+. The van der Waals surface area contributed by atoms with Gasteiger partial charge in [-0.2, -0.15) is 0 Å². The van der Waals surface area contributed by atoms with E-state index in [9.17, 15) is 14.4 Å². The number of aryl methyl sites for hydroxylation is 1. The summed E-state index contributed by atoms with van der Waals surface area (Å²) < 4.78 is 15.3. The molecule has 0 saturated carbocycles. The van der Waals surface area contributed by atoms with Crippen LogP contribution in [0.5, 0.6) is 0 Å². The zero-order valence-corrected chi connectivity index (χ0v) is 15.9. The summed E-state index contributed by atoms with van der Waals surface area (Å²) in [5.74, 6) is -0.304. The summed E-state index contributed by atoms with van der Waals surface area (Å²) in [6.45, 7) is 3.76. The van der Waals surface area contributed by atoms with Gasteiger partial charge >= 0.3 is 11.9 Å². The zero-order chi connectivity index (χ0) is 20.4. The lowest BCUT2D eigenvalue weighted by Gasteiger charge is -2.07. The number of hydrogen-bond donors (Lipinski definition) is 1. The molecule has 1 N–H and O–H groups in total. The van der Waals surface area contributed by atoms with Crippen molar-refractivity contribution in [2.24, 2.45) is 0 Å². The summed E-state index contributed by atoms with van der Waals surface area (Å²) in [5, 5.41) is 2.58. The molecule has 2 aromatic rings. The Morgan fingerprint density at radius 3 is 2.46 bits per heavy atom. The third-order valence-electron chi connectivity index (χ3n) is 3.63. The van der Waals surface area contributed by atoms with Gasteiger partial charge in [0.05, 0.1) is 12.2 Å². The topological polar surface area (TPSA) is 94.8 Å². The van der Waals surface area contributed by atoms with Gasteiger partial charge in [0.15, 0.2) is 6.61 Å². The van der Waals surface area contributed by atoms with Gasteiger partial charge in [-0.15, -0.1) is 0 Å². The quantitative estimate of drug-likeness (QED) is 0.401. The van der Waals surface area contributed by atoms with E-state index in [1.54, 1.807) is 43.3 Å². The SMILES string of the molecule is CCCCOC(=O)c1ccc(NC(=O)COC(=O)/C=C/c2ccc(C)o2)cc1. The number of rotatable bonds is 9. The maximum absolute atomic E-state index is 11.9. The van der Waals surface area contributed by atoms with Crippen molar-refractivity contribution in [3.63, 3.8) is 0 Å². The van der Waals surface area contributed by atoms with Crippen LogP contribution >= 0.6 is 0 Å². The Labute approximate surface area is 163 Å². The van der Waals surface area contributed by atoms with Crippen LogP contribution in [0, 0.1) is 6.92 Å². The highest BCUT2D eigenvalue weighted by molar-refractivity contribution is 5.95. The minimum absolute atomic E-state index is 0.382. The van der Waals surface area contributed by atoms with Crippen LogP contribution in [0.3, 0.4) is 0 Å². The van der Waals surface area contributed by atoms with Crippen molar-refractivity contribution < 1.29 is 28.3 Å². The number of hydrogen-bond acceptors (Lipinski definition) is 6. The molecule has 0 aliphatic rings. The molecule has 0 spiro atoms. The lowest BCUT2D eigenvalue weighted by molar-refractivity contribution is -0.142. The van der Waals surface area contributed by atoms with Crippen LogP contribution in [0.15, 0.2) is 46.9 Å². The van der Waals surface area contributed by atoms with Gasteiger partial charge in [0.1, 0.15) is 11.5 Å². The number of furan rings is 1. The Morgan fingerprint density at radius 1 is 1.07 bits per heavy atom. The molecule has 0 unspecified atom stereocenters. The summed E-state index contributed by atoms with van der Waals surface area (Å²) >= 11 is 0. The molecule has 1 amide bonds. The van der Waals surface area contributed by atoms with Crippen molar-refractivity contribution in [2.45, 2.75) is 26.7 Å². The fraction of sp³-hybridized carbons (Fsp3) is 0.286. The van der Waals surface area contributed by atoms with E-state index in [-0.39, 0.29) is 0 Å². The molecule has 0 atom stereocenters. The van der Waals surface area contributed by atoms with Gasteiger partial charge in [-0.05, 0) is 55.8 Å². The molecule has 0 fully saturated rings. The molecule has 148 valence electrons. The van der Waals surface area contributed by atoms with Crippen LogP contribution in [0.2, 0.25) is 0 Å². The first kappa shape index (κ1) is 21.0. The second-order valence-electron chi connectivity index (χ2n) is 6.00. The minimum atomic E-state index is -0.658. The Kier molecular flexibility index (Phi) is 8.02. The van der Waals surface area contributed by atoms with Gasteiger partial charge in [0.2, 0.25) is 0 Å². The van der Waals surface area contributed by atoms with E-state index < -0.39 is 24.5 Å². The molecule has 0 aliphatic carbocycles. The number of carbonyl (C=O) groups is 3. The van der Waals surface area contributed by atoms with Gasteiger partial charge in [-0.3, -0.25) is 4.79 Å². The van der Waals surface area contributed by atoms with Gasteiger partial charge in [-0.25, -0.2) is 9.59 Å². The van der Waals surface area contributed by atoms with Crippen LogP contribution in [0.25, 0.3) is 6.08 Å². The van der Waals surface area contributed by atoms with E-state index in [1.807, 2.05) is 6.92 Å². The van der Waals surface area contributed by atoms with E-state index in [0.717, 1.165) is 18.6 Å². The third kappa shape index (κ3) is 7.11. The van der Waals surface area contributed by atoms with E-state index in [0.29, 0.717) is 23.6 Å². The van der Waals surface area contributed by atoms with Crippen molar-refractivity contribution in [1.82, 2.24) is 0 Å². The largest absolute Gasteiger partial charge is 0.462 e. The number of amides is 1. The lowest BCUT2D eigenvalue weighted by atomic mass is 10.2. The number of ether oxygens (including phenoxy) is 2.